The normalized spacial score (nSPS) is 29.3. The number of hydrogen-bond acceptors (Lipinski definition) is 0. The van der Waals surface area contributed by atoms with Crippen molar-refractivity contribution < 1.29 is 0 Å². The fourth-order valence-corrected chi connectivity index (χ4v) is 5.92. The fraction of sp³-hybridized carbons (Fsp3) is 0.692. The molecule has 0 saturated heterocycles. The Morgan fingerprint density at radius 3 is 1.93 bits per heavy atom. The quantitative estimate of drug-likeness (QED) is 0.387. The van der Waals surface area contributed by atoms with Crippen LogP contribution in [0.4, 0.5) is 0 Å². The van der Waals surface area contributed by atoms with Crippen molar-refractivity contribution in [3.63, 3.8) is 0 Å². The number of benzene rings is 1. The van der Waals surface area contributed by atoms with Crippen LogP contribution in [0.1, 0.15) is 88.7 Å². The number of unbranched alkanes of at least 4 members (excludes halogenated alkanes) is 1. The van der Waals surface area contributed by atoms with Crippen LogP contribution in [-0.2, 0) is 12.8 Å². The van der Waals surface area contributed by atoms with Crippen LogP contribution in [0.5, 0.6) is 0 Å². The molecular weight excluding hydrogens is 392 g/mol. The molecule has 27 heavy (non-hydrogen) atoms. The molecule has 0 amide bonds. The SMILES string of the molecule is CCCCc1ccc(CCC2CCC(C3CCC(C=CBr)CC3)CC2)cc1. The summed E-state index contributed by atoms with van der Waals surface area (Å²) in [7, 11) is 0. The van der Waals surface area contributed by atoms with Gasteiger partial charge in [0.2, 0.25) is 0 Å². The van der Waals surface area contributed by atoms with Gasteiger partial charge in [0.05, 0.1) is 0 Å². The van der Waals surface area contributed by atoms with E-state index < -0.39 is 0 Å². The van der Waals surface area contributed by atoms with E-state index in [1.165, 1.54) is 89.0 Å². The van der Waals surface area contributed by atoms with Gasteiger partial charge in [0, 0.05) is 0 Å². The highest BCUT2D eigenvalue weighted by atomic mass is 79.9. The van der Waals surface area contributed by atoms with Gasteiger partial charge in [-0.25, -0.2) is 0 Å². The zero-order valence-corrected chi connectivity index (χ0v) is 18.9. The first-order valence-electron chi connectivity index (χ1n) is 11.6. The van der Waals surface area contributed by atoms with Crippen molar-refractivity contribution in [3.8, 4) is 0 Å². The Kier molecular flexibility index (Phi) is 8.97. The van der Waals surface area contributed by atoms with Crippen LogP contribution in [0.2, 0.25) is 0 Å². The van der Waals surface area contributed by atoms with Crippen molar-refractivity contribution in [1.82, 2.24) is 0 Å². The zero-order chi connectivity index (χ0) is 18.9. The number of allylic oxidation sites excluding steroid dienone is 1. The maximum absolute atomic E-state index is 3.45. The van der Waals surface area contributed by atoms with Gasteiger partial charge in [-0.2, -0.15) is 0 Å². The van der Waals surface area contributed by atoms with E-state index in [-0.39, 0.29) is 0 Å². The van der Waals surface area contributed by atoms with E-state index in [2.05, 4.69) is 58.2 Å². The maximum atomic E-state index is 3.45. The Labute approximate surface area is 176 Å². The summed E-state index contributed by atoms with van der Waals surface area (Å²) in [6, 6.07) is 9.50. The molecule has 2 aliphatic carbocycles. The summed E-state index contributed by atoms with van der Waals surface area (Å²) in [6.45, 7) is 2.27. The molecule has 2 aliphatic rings. The predicted molar refractivity (Wildman–Crippen MR) is 122 cm³/mol. The van der Waals surface area contributed by atoms with Crippen molar-refractivity contribution in [2.45, 2.75) is 90.4 Å². The molecule has 0 atom stereocenters. The second-order valence-electron chi connectivity index (χ2n) is 9.23. The van der Waals surface area contributed by atoms with Gasteiger partial charge < -0.3 is 0 Å². The van der Waals surface area contributed by atoms with Crippen LogP contribution in [0.25, 0.3) is 0 Å². The molecule has 0 heterocycles. The lowest BCUT2D eigenvalue weighted by molar-refractivity contribution is 0.153. The molecule has 2 saturated carbocycles. The molecule has 1 heteroatoms. The van der Waals surface area contributed by atoms with Crippen LogP contribution in [-0.4, -0.2) is 0 Å². The summed E-state index contributed by atoms with van der Waals surface area (Å²) in [4.78, 5) is 2.07. The molecule has 0 spiro atoms. The highest BCUT2D eigenvalue weighted by Gasteiger charge is 2.30. The molecule has 150 valence electrons. The average Bonchev–Trinajstić information content (AvgIpc) is 2.73. The van der Waals surface area contributed by atoms with Crippen molar-refractivity contribution in [2.24, 2.45) is 23.7 Å². The molecular formula is C26H39Br. The van der Waals surface area contributed by atoms with Gasteiger partial charge >= 0.3 is 0 Å². The Morgan fingerprint density at radius 1 is 0.815 bits per heavy atom. The standard InChI is InChI=1S/C26H39Br/c1-2-3-4-21-5-7-22(8-6-21)9-10-23-11-15-25(16-12-23)26-17-13-24(14-18-26)19-20-27/h5-8,19-20,23-26H,2-4,9-18H2,1H3. The summed E-state index contributed by atoms with van der Waals surface area (Å²) >= 11 is 3.45. The summed E-state index contributed by atoms with van der Waals surface area (Å²) in [5.74, 6) is 3.88. The van der Waals surface area contributed by atoms with Crippen LogP contribution >= 0.6 is 15.9 Å². The fourth-order valence-electron chi connectivity index (χ4n) is 5.48. The Bertz CT molecular complexity index is 542. The van der Waals surface area contributed by atoms with Crippen LogP contribution < -0.4 is 0 Å². The van der Waals surface area contributed by atoms with E-state index in [9.17, 15) is 0 Å². The van der Waals surface area contributed by atoms with E-state index in [0.717, 1.165) is 23.7 Å². The average molecular weight is 432 g/mol. The Morgan fingerprint density at radius 2 is 1.37 bits per heavy atom. The van der Waals surface area contributed by atoms with Crippen LogP contribution in [0.15, 0.2) is 35.3 Å². The minimum Gasteiger partial charge on any atom is -0.0745 e. The molecule has 2 fully saturated rings. The van der Waals surface area contributed by atoms with Gasteiger partial charge in [0.1, 0.15) is 0 Å². The summed E-state index contributed by atoms with van der Waals surface area (Å²) in [5.41, 5.74) is 3.07. The molecule has 0 N–H and O–H groups in total. The van der Waals surface area contributed by atoms with E-state index in [1.807, 2.05) is 0 Å². The van der Waals surface area contributed by atoms with Crippen LogP contribution in [0.3, 0.4) is 0 Å². The second-order valence-corrected chi connectivity index (χ2v) is 9.76. The minimum absolute atomic E-state index is 0.838. The van der Waals surface area contributed by atoms with Crippen molar-refractivity contribution in [2.75, 3.05) is 0 Å². The molecule has 1 aromatic rings. The molecule has 0 nitrogen and oxygen atoms in total. The van der Waals surface area contributed by atoms with Gasteiger partial charge in [-0.1, -0.05) is 72.5 Å². The van der Waals surface area contributed by atoms with Gasteiger partial charge in [0.15, 0.2) is 0 Å². The lowest BCUT2D eigenvalue weighted by Gasteiger charge is -2.37. The minimum atomic E-state index is 0.838. The zero-order valence-electron chi connectivity index (χ0n) is 17.3. The highest BCUT2D eigenvalue weighted by Crippen LogP contribution is 2.42. The molecule has 0 aromatic heterocycles. The van der Waals surface area contributed by atoms with Gasteiger partial charge in [-0.3, -0.25) is 0 Å². The topological polar surface area (TPSA) is 0 Å². The van der Waals surface area contributed by atoms with Crippen molar-refractivity contribution >= 4 is 15.9 Å². The second kappa shape index (κ2) is 11.4. The van der Waals surface area contributed by atoms with E-state index in [0.29, 0.717) is 0 Å². The smallest absolute Gasteiger partial charge is 0.0225 e. The third kappa shape index (κ3) is 6.77. The first-order valence-corrected chi connectivity index (χ1v) is 12.5. The first kappa shape index (κ1) is 21.2. The molecule has 0 radical (unpaired) electrons. The predicted octanol–water partition coefficient (Wildman–Crippen LogP) is 8.48. The monoisotopic (exact) mass is 430 g/mol. The maximum Gasteiger partial charge on any atom is -0.0225 e. The van der Waals surface area contributed by atoms with Gasteiger partial charge in [-0.05, 0) is 104 Å². The van der Waals surface area contributed by atoms with Crippen molar-refractivity contribution in [3.05, 3.63) is 46.5 Å². The van der Waals surface area contributed by atoms with E-state index in [1.54, 1.807) is 5.56 Å². The van der Waals surface area contributed by atoms with E-state index >= 15 is 0 Å². The largest absolute Gasteiger partial charge is 0.0745 e. The third-order valence-corrected chi connectivity index (χ3v) is 7.71. The van der Waals surface area contributed by atoms with Gasteiger partial charge in [0.25, 0.3) is 0 Å². The molecule has 3 rings (SSSR count). The lowest BCUT2D eigenvalue weighted by Crippen LogP contribution is -2.25. The third-order valence-electron chi connectivity index (χ3n) is 7.40. The van der Waals surface area contributed by atoms with Crippen LogP contribution in [0, 0.1) is 23.7 Å². The number of rotatable bonds is 8. The lowest BCUT2D eigenvalue weighted by atomic mass is 9.68. The molecule has 0 aliphatic heterocycles. The highest BCUT2D eigenvalue weighted by molar-refractivity contribution is 9.11. The van der Waals surface area contributed by atoms with Crippen molar-refractivity contribution in [1.29, 1.82) is 0 Å². The summed E-state index contributed by atoms with van der Waals surface area (Å²) in [5, 5.41) is 0. The van der Waals surface area contributed by atoms with E-state index in [4.69, 9.17) is 0 Å². The Hall–Kier alpha value is -0.560. The summed E-state index contributed by atoms with van der Waals surface area (Å²) < 4.78 is 0. The number of hydrogen-bond donors (Lipinski definition) is 0. The molecule has 0 unspecified atom stereocenters. The summed E-state index contributed by atoms with van der Waals surface area (Å²) in [6.07, 6.45) is 20.7. The number of halogens is 1. The molecule has 1 aromatic carbocycles. The first-order chi connectivity index (χ1) is 13.3. The Balaban J connectivity index is 1.35. The molecule has 0 bridgehead atoms. The van der Waals surface area contributed by atoms with Gasteiger partial charge in [-0.15, -0.1) is 0 Å². The number of aryl methyl sites for hydroxylation is 2.